The number of hydrogen-bond acceptors (Lipinski definition) is 3. The van der Waals surface area contributed by atoms with Crippen molar-refractivity contribution in [1.82, 2.24) is 0 Å². The molecule has 0 aliphatic heterocycles. The van der Waals surface area contributed by atoms with E-state index in [0.29, 0.717) is 18.1 Å². The van der Waals surface area contributed by atoms with E-state index in [-0.39, 0.29) is 11.9 Å². The van der Waals surface area contributed by atoms with Gasteiger partial charge in [-0.2, -0.15) is 0 Å². The molecule has 94 valence electrons. The Morgan fingerprint density at radius 2 is 2.00 bits per heavy atom. The van der Waals surface area contributed by atoms with Gasteiger partial charge in [0.1, 0.15) is 0 Å². The first kappa shape index (κ1) is 13.5. The Morgan fingerprint density at radius 3 is 2.59 bits per heavy atom. The van der Waals surface area contributed by atoms with E-state index >= 15 is 0 Å². The molecule has 3 N–H and O–H groups in total. The Labute approximate surface area is 102 Å². The highest BCUT2D eigenvalue weighted by atomic mass is 16.5. The Morgan fingerprint density at radius 1 is 1.35 bits per heavy atom. The fourth-order valence-corrected chi connectivity index (χ4v) is 1.36. The van der Waals surface area contributed by atoms with Crippen LogP contribution in [0.25, 0.3) is 0 Å². The van der Waals surface area contributed by atoms with Gasteiger partial charge in [0.15, 0.2) is 5.84 Å². The molecule has 0 radical (unpaired) electrons. The van der Waals surface area contributed by atoms with E-state index in [2.05, 4.69) is 19.0 Å². The minimum absolute atomic E-state index is 0.112. The van der Waals surface area contributed by atoms with Crippen LogP contribution in [0.1, 0.15) is 31.9 Å². The third-order valence-electron chi connectivity index (χ3n) is 2.84. The van der Waals surface area contributed by atoms with Crippen LogP contribution in [0.5, 0.6) is 0 Å². The zero-order valence-corrected chi connectivity index (χ0v) is 10.6. The lowest BCUT2D eigenvalue weighted by Crippen LogP contribution is -2.19. The zero-order valence-electron chi connectivity index (χ0n) is 10.6. The number of hydrogen-bond donors (Lipinski definition) is 2. The second kappa shape index (κ2) is 6.25. The number of oxime groups is 1. The van der Waals surface area contributed by atoms with Crippen molar-refractivity contribution in [1.29, 1.82) is 0 Å². The smallest absolute Gasteiger partial charge is 0.170 e. The summed E-state index contributed by atoms with van der Waals surface area (Å²) in [6.07, 6.45) is 0.176. The van der Waals surface area contributed by atoms with Crippen LogP contribution in [0.2, 0.25) is 0 Å². The van der Waals surface area contributed by atoms with Gasteiger partial charge in [0.25, 0.3) is 0 Å². The molecule has 0 aliphatic rings. The highest BCUT2D eigenvalue weighted by Gasteiger charge is 2.10. The van der Waals surface area contributed by atoms with Gasteiger partial charge in [0.05, 0.1) is 12.7 Å². The summed E-state index contributed by atoms with van der Waals surface area (Å²) in [4.78, 5) is 0. The highest BCUT2D eigenvalue weighted by molar-refractivity contribution is 5.98. The molecule has 1 unspecified atom stereocenters. The maximum absolute atomic E-state index is 8.70. The molecule has 0 saturated carbocycles. The molecule has 17 heavy (non-hydrogen) atoms. The highest BCUT2D eigenvalue weighted by Crippen LogP contribution is 2.13. The monoisotopic (exact) mass is 236 g/mol. The minimum Gasteiger partial charge on any atom is -0.409 e. The van der Waals surface area contributed by atoms with Gasteiger partial charge in [-0.15, -0.1) is 0 Å². The molecule has 0 aliphatic carbocycles. The summed E-state index contributed by atoms with van der Waals surface area (Å²) in [7, 11) is 0. The van der Waals surface area contributed by atoms with E-state index in [4.69, 9.17) is 15.7 Å². The molecular formula is C13H20N2O2. The SMILES string of the molecule is CC(C)C(C)OCc1ccccc1C(N)=NO. The number of ether oxygens (including phenoxy) is 1. The van der Waals surface area contributed by atoms with Gasteiger partial charge in [-0.05, 0) is 18.4 Å². The van der Waals surface area contributed by atoms with Crippen molar-refractivity contribution in [3.8, 4) is 0 Å². The first-order valence-corrected chi connectivity index (χ1v) is 5.73. The van der Waals surface area contributed by atoms with Crippen LogP contribution in [0.3, 0.4) is 0 Å². The number of benzene rings is 1. The number of amidine groups is 1. The lowest BCUT2D eigenvalue weighted by atomic mass is 10.1. The van der Waals surface area contributed by atoms with E-state index < -0.39 is 0 Å². The van der Waals surface area contributed by atoms with E-state index in [1.165, 1.54) is 0 Å². The third kappa shape index (κ3) is 3.75. The van der Waals surface area contributed by atoms with Crippen LogP contribution in [0.15, 0.2) is 29.4 Å². The molecule has 0 spiro atoms. The van der Waals surface area contributed by atoms with E-state index in [1.54, 1.807) is 0 Å². The fourth-order valence-electron chi connectivity index (χ4n) is 1.36. The number of rotatable bonds is 5. The normalized spacial score (nSPS) is 14.0. The first-order valence-electron chi connectivity index (χ1n) is 5.73. The lowest BCUT2D eigenvalue weighted by molar-refractivity contribution is 0.0234. The summed E-state index contributed by atoms with van der Waals surface area (Å²) in [5.41, 5.74) is 7.25. The second-order valence-electron chi connectivity index (χ2n) is 4.40. The molecule has 0 amide bonds. The maximum Gasteiger partial charge on any atom is 0.170 e. The number of nitrogens with zero attached hydrogens (tertiary/aromatic N) is 1. The molecule has 1 aromatic rings. The van der Waals surface area contributed by atoms with Crippen LogP contribution >= 0.6 is 0 Å². The quantitative estimate of drug-likeness (QED) is 0.357. The topological polar surface area (TPSA) is 67.8 Å². The average Bonchev–Trinajstić information content (AvgIpc) is 2.35. The van der Waals surface area contributed by atoms with Gasteiger partial charge >= 0.3 is 0 Å². The Bertz CT molecular complexity index is 389. The molecule has 4 nitrogen and oxygen atoms in total. The lowest BCUT2D eigenvalue weighted by Gasteiger charge is -2.17. The zero-order chi connectivity index (χ0) is 12.8. The standard InChI is InChI=1S/C13H20N2O2/c1-9(2)10(3)17-8-11-6-4-5-7-12(11)13(14)15-16/h4-7,9-10,16H,8H2,1-3H3,(H2,14,15). The van der Waals surface area contributed by atoms with Crippen LogP contribution in [-0.4, -0.2) is 17.1 Å². The Kier molecular flexibility index (Phi) is 4.97. The molecule has 1 atom stereocenters. The molecule has 4 heteroatoms. The molecule has 0 saturated heterocycles. The largest absolute Gasteiger partial charge is 0.409 e. The van der Waals surface area contributed by atoms with Gasteiger partial charge < -0.3 is 15.7 Å². The summed E-state index contributed by atoms with van der Waals surface area (Å²) < 4.78 is 5.73. The van der Waals surface area contributed by atoms with E-state index in [1.807, 2.05) is 31.2 Å². The van der Waals surface area contributed by atoms with Crippen molar-refractivity contribution in [3.63, 3.8) is 0 Å². The van der Waals surface area contributed by atoms with Crippen molar-refractivity contribution in [3.05, 3.63) is 35.4 Å². The molecular weight excluding hydrogens is 216 g/mol. The predicted molar refractivity (Wildman–Crippen MR) is 68.0 cm³/mol. The summed E-state index contributed by atoms with van der Waals surface area (Å²) >= 11 is 0. The fraction of sp³-hybridized carbons (Fsp3) is 0.462. The summed E-state index contributed by atoms with van der Waals surface area (Å²) in [5, 5.41) is 11.7. The number of nitrogens with two attached hydrogens (primary N) is 1. The van der Waals surface area contributed by atoms with Crippen molar-refractivity contribution in [2.75, 3.05) is 0 Å². The molecule has 1 rings (SSSR count). The molecule has 0 aromatic heterocycles. The van der Waals surface area contributed by atoms with E-state index in [9.17, 15) is 0 Å². The van der Waals surface area contributed by atoms with Crippen molar-refractivity contribution in [2.24, 2.45) is 16.8 Å². The van der Waals surface area contributed by atoms with Gasteiger partial charge in [-0.3, -0.25) is 0 Å². The van der Waals surface area contributed by atoms with Gasteiger partial charge in [-0.25, -0.2) is 0 Å². The van der Waals surface area contributed by atoms with Gasteiger partial charge in [0, 0.05) is 5.56 Å². The second-order valence-corrected chi connectivity index (χ2v) is 4.40. The molecule has 1 aromatic carbocycles. The summed E-state index contributed by atoms with van der Waals surface area (Å²) in [6, 6.07) is 7.49. The molecule has 0 fully saturated rings. The van der Waals surface area contributed by atoms with Crippen molar-refractivity contribution < 1.29 is 9.94 Å². The van der Waals surface area contributed by atoms with Gasteiger partial charge in [0.2, 0.25) is 0 Å². The predicted octanol–water partition coefficient (Wildman–Crippen LogP) is 2.34. The molecule has 0 heterocycles. The van der Waals surface area contributed by atoms with Crippen LogP contribution in [-0.2, 0) is 11.3 Å². The summed E-state index contributed by atoms with van der Waals surface area (Å²) in [6.45, 7) is 6.72. The van der Waals surface area contributed by atoms with Gasteiger partial charge in [-0.1, -0.05) is 43.3 Å². The first-order chi connectivity index (χ1) is 8.06. The van der Waals surface area contributed by atoms with Crippen LogP contribution < -0.4 is 5.73 Å². The van der Waals surface area contributed by atoms with E-state index in [0.717, 1.165) is 5.56 Å². The summed E-state index contributed by atoms with van der Waals surface area (Å²) in [5.74, 6) is 0.576. The average molecular weight is 236 g/mol. The minimum atomic E-state index is 0.112. The third-order valence-corrected chi connectivity index (χ3v) is 2.84. The van der Waals surface area contributed by atoms with Crippen molar-refractivity contribution >= 4 is 5.84 Å². The Hall–Kier alpha value is -1.55. The maximum atomic E-state index is 8.70. The van der Waals surface area contributed by atoms with Crippen LogP contribution in [0, 0.1) is 5.92 Å². The molecule has 0 bridgehead atoms. The Balaban J connectivity index is 2.78. The van der Waals surface area contributed by atoms with Crippen LogP contribution in [0.4, 0.5) is 0 Å². The van der Waals surface area contributed by atoms with Crippen molar-refractivity contribution in [2.45, 2.75) is 33.5 Å².